The van der Waals surface area contributed by atoms with Crippen LogP contribution in [0.25, 0.3) is 0 Å². The molecule has 1 saturated heterocycles. The first-order valence-electron chi connectivity index (χ1n) is 11.8. The highest BCUT2D eigenvalue weighted by Gasteiger charge is 2.72. The summed E-state index contributed by atoms with van der Waals surface area (Å²) >= 11 is 0. The number of aliphatic hydroxyl groups excluding tert-OH is 1. The van der Waals surface area contributed by atoms with Gasteiger partial charge in [0.15, 0.2) is 29.8 Å². The number of nitrogens with zero attached hydrogens (tertiary/aromatic N) is 1. The molecule has 6 atom stereocenters. The van der Waals surface area contributed by atoms with E-state index >= 15 is 0 Å². The Bertz CT molecular complexity index is 1160. The lowest BCUT2D eigenvalue weighted by molar-refractivity contribution is -0.173. The van der Waals surface area contributed by atoms with Gasteiger partial charge in [0.05, 0.1) is 24.5 Å². The zero-order chi connectivity index (χ0) is 26.0. The van der Waals surface area contributed by atoms with Gasteiger partial charge < -0.3 is 39.2 Å². The second-order valence-corrected chi connectivity index (χ2v) is 9.90. The van der Waals surface area contributed by atoms with E-state index in [0.717, 1.165) is 18.1 Å². The molecule has 194 valence electrons. The number of aliphatic hydroxyl groups is 2. The highest BCUT2D eigenvalue weighted by molar-refractivity contribution is 5.84. The van der Waals surface area contributed by atoms with Gasteiger partial charge in [-0.25, -0.2) is 9.59 Å². The van der Waals surface area contributed by atoms with Gasteiger partial charge in [-0.2, -0.15) is 0 Å². The standard InChI is InChI=1S/C25H29NO10/c1-12(22(29)30)34-23(31)14(27)11-18(28)35-16-6-7-25(32)17-10-13-4-5-15(33-3)20-19(13)24(25,21(16)36-20)8-9-26(17)2/h4-6,12,14,17,21,27,32H,7-11H2,1-3H3,(H,29,30)/t12-,14-,17+,21-,24-,25+/m0/s1. The Morgan fingerprint density at radius 1 is 1.31 bits per heavy atom. The van der Waals surface area contributed by atoms with E-state index in [1.807, 2.05) is 19.2 Å². The number of likely N-dealkylation sites (tertiary alicyclic amines) is 1. The van der Waals surface area contributed by atoms with Gasteiger partial charge in [0.1, 0.15) is 5.76 Å². The fourth-order valence-electron chi connectivity index (χ4n) is 6.31. The summed E-state index contributed by atoms with van der Waals surface area (Å²) in [5.41, 5.74) is -0.0958. The van der Waals surface area contributed by atoms with Crippen LogP contribution in [0.15, 0.2) is 24.0 Å². The van der Waals surface area contributed by atoms with Gasteiger partial charge in [-0.3, -0.25) is 4.79 Å². The highest BCUT2D eigenvalue weighted by atomic mass is 16.6. The highest BCUT2D eigenvalue weighted by Crippen LogP contribution is 2.65. The van der Waals surface area contributed by atoms with Crippen molar-refractivity contribution in [2.75, 3.05) is 20.7 Å². The summed E-state index contributed by atoms with van der Waals surface area (Å²) in [4.78, 5) is 37.7. The maximum Gasteiger partial charge on any atom is 0.344 e. The van der Waals surface area contributed by atoms with E-state index in [1.54, 1.807) is 6.08 Å². The van der Waals surface area contributed by atoms with Gasteiger partial charge >= 0.3 is 17.9 Å². The lowest BCUT2D eigenvalue weighted by Crippen LogP contribution is -2.74. The molecule has 1 aromatic carbocycles. The Hall–Kier alpha value is -3.15. The van der Waals surface area contributed by atoms with Crippen molar-refractivity contribution in [2.24, 2.45) is 0 Å². The maximum absolute atomic E-state index is 12.7. The molecule has 5 rings (SSSR count). The van der Waals surface area contributed by atoms with E-state index in [9.17, 15) is 24.6 Å². The molecule has 0 amide bonds. The van der Waals surface area contributed by atoms with Crippen molar-refractivity contribution >= 4 is 17.9 Å². The zero-order valence-corrected chi connectivity index (χ0v) is 20.2. The van der Waals surface area contributed by atoms with Gasteiger partial charge in [-0.05, 0) is 51.1 Å². The molecule has 0 aromatic heterocycles. The molecular weight excluding hydrogens is 474 g/mol. The number of carbonyl (C=O) groups excluding carboxylic acids is 2. The normalized spacial score (nSPS) is 31.3. The number of esters is 2. The van der Waals surface area contributed by atoms with Crippen molar-refractivity contribution in [1.82, 2.24) is 4.90 Å². The van der Waals surface area contributed by atoms with Gasteiger partial charge in [-0.15, -0.1) is 0 Å². The van der Waals surface area contributed by atoms with Crippen LogP contribution in [0.4, 0.5) is 0 Å². The second kappa shape index (κ2) is 8.46. The molecule has 2 aliphatic carbocycles. The van der Waals surface area contributed by atoms with E-state index < -0.39 is 53.7 Å². The van der Waals surface area contributed by atoms with Crippen LogP contribution in [-0.2, 0) is 35.7 Å². The predicted octanol–water partition coefficient (Wildman–Crippen LogP) is 0.283. The number of methoxy groups -OCH3 is 1. The van der Waals surface area contributed by atoms with Gasteiger partial charge in [0, 0.05) is 18.0 Å². The lowest BCUT2D eigenvalue weighted by atomic mass is 9.50. The molecule has 0 unspecified atom stereocenters. The minimum Gasteiger partial charge on any atom is -0.493 e. The monoisotopic (exact) mass is 503 g/mol. The number of benzene rings is 1. The van der Waals surface area contributed by atoms with E-state index in [1.165, 1.54) is 7.11 Å². The molecule has 1 spiro atoms. The first-order chi connectivity index (χ1) is 17.0. The van der Waals surface area contributed by atoms with Crippen molar-refractivity contribution in [1.29, 1.82) is 0 Å². The fourth-order valence-corrected chi connectivity index (χ4v) is 6.31. The SMILES string of the molecule is COc1ccc2c3c1O[C@H]1C(OC(=O)C[C@H](O)C(=O)O[C@@H](C)C(=O)O)=CC[C@@]4(O)[C@@H](C2)N(C)CC[C@]314. The number of carboxylic acids is 1. The number of hydrogen-bond acceptors (Lipinski definition) is 10. The molecule has 0 radical (unpaired) electrons. The van der Waals surface area contributed by atoms with Crippen LogP contribution in [0.2, 0.25) is 0 Å². The van der Waals surface area contributed by atoms with Gasteiger partial charge in [0.25, 0.3) is 0 Å². The molecule has 3 N–H and O–H groups in total. The molecule has 2 bridgehead atoms. The van der Waals surface area contributed by atoms with Gasteiger partial charge in [0.2, 0.25) is 0 Å². The molecule has 11 nitrogen and oxygen atoms in total. The minimum atomic E-state index is -1.89. The molecule has 2 heterocycles. The fraction of sp³-hybridized carbons (Fsp3) is 0.560. The third kappa shape index (κ3) is 3.33. The van der Waals surface area contributed by atoms with Crippen molar-refractivity contribution in [3.05, 3.63) is 35.1 Å². The van der Waals surface area contributed by atoms with E-state index in [4.69, 9.17) is 19.3 Å². The summed E-state index contributed by atoms with van der Waals surface area (Å²) in [6.45, 7) is 1.84. The third-order valence-corrected chi connectivity index (χ3v) is 8.06. The number of carboxylic acid groups (broad SMARTS) is 1. The van der Waals surface area contributed by atoms with Crippen molar-refractivity contribution in [3.8, 4) is 11.5 Å². The number of rotatable bonds is 7. The van der Waals surface area contributed by atoms with E-state index in [-0.39, 0.29) is 18.2 Å². The average molecular weight is 504 g/mol. The van der Waals surface area contributed by atoms with Crippen molar-refractivity contribution in [2.45, 2.75) is 68.0 Å². The van der Waals surface area contributed by atoms with Crippen molar-refractivity contribution < 1.29 is 48.7 Å². The summed E-state index contributed by atoms with van der Waals surface area (Å²) in [5, 5.41) is 31.1. The zero-order valence-electron chi connectivity index (χ0n) is 20.2. The summed E-state index contributed by atoms with van der Waals surface area (Å²) in [6, 6.07) is 3.66. The van der Waals surface area contributed by atoms with Crippen LogP contribution in [-0.4, -0.2) is 88.8 Å². The number of aliphatic carboxylic acids is 1. The first-order valence-corrected chi connectivity index (χ1v) is 11.8. The maximum atomic E-state index is 12.7. The molecule has 2 aliphatic heterocycles. The Labute approximate surface area is 207 Å². The number of hydrogen-bond donors (Lipinski definition) is 3. The Morgan fingerprint density at radius 2 is 2.06 bits per heavy atom. The van der Waals surface area contributed by atoms with Crippen LogP contribution in [0.1, 0.15) is 37.3 Å². The number of likely N-dealkylation sites (N-methyl/N-ethyl adjacent to an activating group) is 1. The van der Waals surface area contributed by atoms with Crippen LogP contribution in [0, 0.1) is 0 Å². The average Bonchev–Trinajstić information content (AvgIpc) is 3.18. The topological polar surface area (TPSA) is 152 Å². The second-order valence-electron chi connectivity index (χ2n) is 9.90. The summed E-state index contributed by atoms with van der Waals surface area (Å²) in [5.74, 6) is -2.29. The summed E-state index contributed by atoms with van der Waals surface area (Å²) in [7, 11) is 3.52. The first kappa shape index (κ1) is 24.5. The molecule has 1 fully saturated rings. The minimum absolute atomic E-state index is 0.162. The third-order valence-electron chi connectivity index (χ3n) is 8.06. The molecule has 36 heavy (non-hydrogen) atoms. The van der Waals surface area contributed by atoms with E-state index in [2.05, 4.69) is 9.64 Å². The molecular formula is C25H29NO10. The molecule has 4 aliphatic rings. The van der Waals surface area contributed by atoms with Crippen LogP contribution in [0.3, 0.4) is 0 Å². The van der Waals surface area contributed by atoms with Crippen LogP contribution in [0.5, 0.6) is 11.5 Å². The smallest absolute Gasteiger partial charge is 0.344 e. The number of carbonyl (C=O) groups is 3. The largest absolute Gasteiger partial charge is 0.493 e. The summed E-state index contributed by atoms with van der Waals surface area (Å²) < 4.78 is 22.1. The summed E-state index contributed by atoms with van der Waals surface area (Å²) in [6.07, 6.45) is -1.85. The lowest BCUT2D eigenvalue weighted by Gasteiger charge is -2.61. The van der Waals surface area contributed by atoms with E-state index in [0.29, 0.717) is 30.9 Å². The van der Waals surface area contributed by atoms with Crippen LogP contribution >= 0.6 is 0 Å². The molecule has 11 heteroatoms. The number of ether oxygens (including phenoxy) is 4. The van der Waals surface area contributed by atoms with Gasteiger partial charge in [-0.1, -0.05) is 6.07 Å². The van der Waals surface area contributed by atoms with Crippen molar-refractivity contribution in [3.63, 3.8) is 0 Å². The quantitative estimate of drug-likeness (QED) is 0.440. The Morgan fingerprint density at radius 3 is 2.75 bits per heavy atom. The molecule has 1 aromatic rings. The van der Waals surface area contributed by atoms with Crippen LogP contribution < -0.4 is 9.47 Å². The molecule has 0 saturated carbocycles. The Kier molecular flexibility index (Phi) is 5.77. The Balaban J connectivity index is 1.43. The number of piperidine rings is 1. The predicted molar refractivity (Wildman–Crippen MR) is 121 cm³/mol.